The molecule has 9 heavy (non-hydrogen) atoms. The summed E-state index contributed by atoms with van der Waals surface area (Å²) in [5.74, 6) is -1.18. The number of hydrogen-bond donors (Lipinski definition) is 0. The molecule has 0 amide bonds. The summed E-state index contributed by atoms with van der Waals surface area (Å²) in [6.07, 6.45) is 8.81. The molecule has 0 spiro atoms. The van der Waals surface area contributed by atoms with E-state index < -0.39 is 5.97 Å². The van der Waals surface area contributed by atoms with Crippen LogP contribution in [0.4, 0.5) is 0 Å². The maximum Gasteiger partial charge on any atom is 0.174 e. The first-order valence-corrected chi connectivity index (χ1v) is 2.49. The van der Waals surface area contributed by atoms with Crippen molar-refractivity contribution < 1.29 is 9.90 Å². The van der Waals surface area contributed by atoms with Crippen LogP contribution in [0.15, 0.2) is 29.9 Å². The molecule has 0 saturated heterocycles. The van der Waals surface area contributed by atoms with Gasteiger partial charge < -0.3 is 9.90 Å². The van der Waals surface area contributed by atoms with Crippen molar-refractivity contribution in [3.63, 3.8) is 0 Å². The second kappa shape index (κ2) is 2.25. The molecule has 0 aromatic carbocycles. The van der Waals surface area contributed by atoms with Gasteiger partial charge in [0, 0.05) is 24.3 Å². The lowest BCUT2D eigenvalue weighted by Crippen LogP contribution is -2.23. The van der Waals surface area contributed by atoms with E-state index in [-0.39, 0.29) is 5.57 Å². The Kier molecular flexibility index (Phi) is 1.43. The highest BCUT2D eigenvalue weighted by Crippen LogP contribution is 1.99. The van der Waals surface area contributed by atoms with Crippen molar-refractivity contribution in [1.29, 1.82) is 0 Å². The van der Waals surface area contributed by atoms with E-state index in [1.54, 1.807) is 12.2 Å². The lowest BCUT2D eigenvalue weighted by molar-refractivity contribution is -0.298. The van der Waals surface area contributed by atoms with Gasteiger partial charge in [0.1, 0.15) is 0 Å². The van der Waals surface area contributed by atoms with Crippen molar-refractivity contribution in [3.05, 3.63) is 36.0 Å². The Morgan fingerprint density at radius 3 is 2.67 bits per heavy atom. The third kappa shape index (κ3) is 1.24. The number of rotatable bonds is 1. The second-order valence-electron chi connectivity index (χ2n) is 1.56. The fourth-order valence-electron chi connectivity index (χ4n) is 0.520. The van der Waals surface area contributed by atoms with Gasteiger partial charge in [-0.15, -0.1) is 0 Å². The summed E-state index contributed by atoms with van der Waals surface area (Å²) >= 11 is 0. The smallest absolute Gasteiger partial charge is 0.174 e. The first-order valence-electron chi connectivity index (χ1n) is 2.49. The van der Waals surface area contributed by atoms with Crippen LogP contribution in [-0.4, -0.2) is 5.97 Å². The molecule has 0 heterocycles. The van der Waals surface area contributed by atoms with Crippen LogP contribution in [-0.2, 0) is 4.79 Å². The average Bonchev–Trinajstić information content (AvgIpc) is 1.90. The summed E-state index contributed by atoms with van der Waals surface area (Å²) in [5.41, 5.74) is 0.0949. The molecule has 44 valence electrons. The molecular formula is C7H4O2. The molecule has 1 aliphatic rings. The largest absolute Gasteiger partial charge is 0.488 e. The Hall–Kier alpha value is -1.40. The molecular weight excluding hydrogens is 116 g/mol. The summed E-state index contributed by atoms with van der Waals surface area (Å²) < 4.78 is 0. The predicted molar refractivity (Wildman–Crippen MR) is 30.0 cm³/mol. The highest BCUT2D eigenvalue weighted by atomic mass is 16.4. The van der Waals surface area contributed by atoms with E-state index in [2.05, 4.69) is 6.08 Å². The van der Waals surface area contributed by atoms with Crippen LogP contribution < -0.4 is 5.11 Å². The van der Waals surface area contributed by atoms with Gasteiger partial charge >= 0.3 is 0 Å². The summed E-state index contributed by atoms with van der Waals surface area (Å²) in [6.45, 7) is 0. The predicted octanol–water partition coefficient (Wildman–Crippen LogP) is -0.408. The van der Waals surface area contributed by atoms with Crippen molar-refractivity contribution >= 4 is 5.97 Å². The zero-order valence-electron chi connectivity index (χ0n) is 4.63. The van der Waals surface area contributed by atoms with Gasteiger partial charge in [-0.3, -0.25) is 0 Å². The van der Waals surface area contributed by atoms with Crippen molar-refractivity contribution in [2.24, 2.45) is 0 Å². The van der Waals surface area contributed by atoms with E-state index in [9.17, 15) is 9.90 Å². The second-order valence-corrected chi connectivity index (χ2v) is 1.56. The minimum Gasteiger partial charge on any atom is -0.488 e. The molecule has 0 saturated carbocycles. The topological polar surface area (TPSA) is 40.1 Å². The maximum absolute atomic E-state index is 10.1. The van der Waals surface area contributed by atoms with Crippen LogP contribution in [0.5, 0.6) is 0 Å². The molecule has 1 aliphatic carbocycles. The number of carbonyl (C=O) groups is 1. The molecule has 0 unspecified atom stereocenters. The van der Waals surface area contributed by atoms with Crippen LogP contribution in [0.3, 0.4) is 0 Å². The van der Waals surface area contributed by atoms with E-state index in [1.807, 2.05) is 0 Å². The van der Waals surface area contributed by atoms with Crippen LogP contribution in [0, 0.1) is 6.08 Å². The van der Waals surface area contributed by atoms with Gasteiger partial charge in [0.15, 0.2) is 11.5 Å². The summed E-state index contributed by atoms with van der Waals surface area (Å²) in [5, 5.41) is 10.1. The number of aliphatic carboxylic acids is 1. The van der Waals surface area contributed by atoms with Gasteiger partial charge in [0.25, 0.3) is 0 Å². The molecule has 0 radical (unpaired) electrons. The summed E-state index contributed by atoms with van der Waals surface area (Å²) in [7, 11) is 0. The quantitative estimate of drug-likeness (QED) is 0.441. The van der Waals surface area contributed by atoms with Crippen LogP contribution >= 0.6 is 0 Å². The summed E-state index contributed by atoms with van der Waals surface area (Å²) in [4.78, 5) is 10.1. The third-order valence-electron chi connectivity index (χ3n) is 0.929. The van der Waals surface area contributed by atoms with Crippen LogP contribution in [0.2, 0.25) is 0 Å². The van der Waals surface area contributed by atoms with Gasteiger partial charge in [-0.1, -0.05) is 0 Å². The number of carbonyl (C=O) groups excluding carboxylic acids is 1. The van der Waals surface area contributed by atoms with E-state index >= 15 is 0 Å². The van der Waals surface area contributed by atoms with Crippen molar-refractivity contribution in [2.45, 2.75) is 0 Å². The van der Waals surface area contributed by atoms with Gasteiger partial charge in [0.2, 0.25) is 0 Å². The van der Waals surface area contributed by atoms with Crippen LogP contribution in [0.25, 0.3) is 0 Å². The number of allylic oxidation sites excluding steroid dienone is 4. The van der Waals surface area contributed by atoms with Gasteiger partial charge in [0.05, 0.1) is 6.08 Å². The van der Waals surface area contributed by atoms with Gasteiger partial charge in [-0.25, -0.2) is 0 Å². The fourth-order valence-corrected chi connectivity index (χ4v) is 0.520. The highest BCUT2D eigenvalue weighted by Gasteiger charge is 2.02. The van der Waals surface area contributed by atoms with Crippen molar-refractivity contribution in [2.75, 3.05) is 0 Å². The third-order valence-corrected chi connectivity index (χ3v) is 0.929. The minimum absolute atomic E-state index is 0.0949. The zero-order chi connectivity index (χ0) is 6.69. The van der Waals surface area contributed by atoms with Crippen molar-refractivity contribution in [1.82, 2.24) is 0 Å². The Morgan fingerprint density at radius 2 is 2.33 bits per heavy atom. The average molecular weight is 120 g/mol. The molecule has 2 heteroatoms. The Balaban J connectivity index is 2.84. The normalized spacial score (nSPS) is 14.4. The zero-order valence-corrected chi connectivity index (χ0v) is 4.63. The van der Waals surface area contributed by atoms with E-state index in [4.69, 9.17) is 0 Å². The van der Waals surface area contributed by atoms with Gasteiger partial charge in [-0.2, -0.15) is 0 Å². The molecule has 0 atom stereocenters. The lowest BCUT2D eigenvalue weighted by atomic mass is 10.2. The van der Waals surface area contributed by atoms with Crippen molar-refractivity contribution in [3.8, 4) is 0 Å². The number of carboxylic acid groups (broad SMARTS) is 1. The molecule has 0 fully saturated rings. The number of carboxylic acids is 1. The molecule has 2 nitrogen and oxygen atoms in total. The first-order chi connectivity index (χ1) is 4.30. The Labute approximate surface area is 52.8 Å². The summed E-state index contributed by atoms with van der Waals surface area (Å²) in [6, 6.07) is 0. The molecule has 0 N–H and O–H groups in total. The molecule has 1 rings (SSSR count). The SMILES string of the molecule is O=C([O-])C1=CC=CC=[C+]1. The van der Waals surface area contributed by atoms with E-state index in [0.717, 1.165) is 0 Å². The fraction of sp³-hybridized carbons (Fsp3) is 0. The van der Waals surface area contributed by atoms with E-state index in [0.29, 0.717) is 0 Å². The minimum atomic E-state index is -1.18. The molecule has 0 aliphatic heterocycles. The first kappa shape index (κ1) is 5.73. The molecule has 0 aromatic rings. The lowest BCUT2D eigenvalue weighted by Gasteiger charge is -1.91. The Morgan fingerprint density at radius 1 is 1.56 bits per heavy atom. The molecule has 0 aromatic heterocycles. The standard InChI is InChI=1S/C7H4O2/c8-7(9)6-4-2-1-3-5-6/h1-4H. The van der Waals surface area contributed by atoms with Gasteiger partial charge in [-0.05, 0) is 0 Å². The number of hydrogen-bond acceptors (Lipinski definition) is 2. The highest BCUT2D eigenvalue weighted by molar-refractivity contribution is 5.87. The van der Waals surface area contributed by atoms with Crippen LogP contribution in [0.1, 0.15) is 0 Å². The Bertz CT molecular complexity index is 209. The van der Waals surface area contributed by atoms with E-state index in [1.165, 1.54) is 12.2 Å². The monoisotopic (exact) mass is 120 g/mol. The molecule has 0 bridgehead atoms. The maximum atomic E-state index is 10.1.